The van der Waals surface area contributed by atoms with Crippen molar-refractivity contribution in [1.82, 2.24) is 5.32 Å². The maximum absolute atomic E-state index is 13.2. The zero-order valence-corrected chi connectivity index (χ0v) is 20.4. The van der Waals surface area contributed by atoms with E-state index < -0.39 is 0 Å². The summed E-state index contributed by atoms with van der Waals surface area (Å²) in [5, 5.41) is 3.11. The lowest BCUT2D eigenvalue weighted by Crippen LogP contribution is -2.22. The van der Waals surface area contributed by atoms with Crippen molar-refractivity contribution in [2.24, 2.45) is 5.41 Å². The van der Waals surface area contributed by atoms with E-state index in [1.807, 2.05) is 7.05 Å². The SMILES string of the molecule is CCc1sc(C(=O)CCc2cc(C)c(OCCNC)c(C)c2)c2c1CC(C)(C)CC2. The third-order valence-corrected chi connectivity index (χ3v) is 7.70. The molecule has 164 valence electrons. The smallest absolute Gasteiger partial charge is 0.173 e. The van der Waals surface area contributed by atoms with Crippen molar-refractivity contribution in [3.8, 4) is 5.75 Å². The molecule has 30 heavy (non-hydrogen) atoms. The summed E-state index contributed by atoms with van der Waals surface area (Å²) < 4.78 is 5.92. The molecule has 0 amide bonds. The van der Waals surface area contributed by atoms with E-state index in [9.17, 15) is 4.79 Å². The highest BCUT2D eigenvalue weighted by atomic mass is 32.1. The van der Waals surface area contributed by atoms with Crippen LogP contribution in [-0.4, -0.2) is 26.0 Å². The van der Waals surface area contributed by atoms with Crippen LogP contribution in [0, 0.1) is 19.3 Å². The average molecular weight is 428 g/mol. The van der Waals surface area contributed by atoms with E-state index in [-0.39, 0.29) is 0 Å². The minimum atomic E-state index is 0.320. The van der Waals surface area contributed by atoms with E-state index in [0.29, 0.717) is 24.2 Å². The number of hydrogen-bond donors (Lipinski definition) is 1. The number of ketones is 1. The molecule has 1 aromatic heterocycles. The maximum atomic E-state index is 13.2. The molecule has 2 aromatic rings. The average Bonchev–Trinajstić information content (AvgIpc) is 3.05. The molecule has 0 saturated carbocycles. The van der Waals surface area contributed by atoms with Crippen molar-refractivity contribution < 1.29 is 9.53 Å². The third kappa shape index (κ3) is 5.15. The molecule has 0 unspecified atom stereocenters. The van der Waals surface area contributed by atoms with Crippen LogP contribution in [0.4, 0.5) is 0 Å². The summed E-state index contributed by atoms with van der Waals surface area (Å²) in [7, 11) is 1.93. The minimum Gasteiger partial charge on any atom is -0.492 e. The normalized spacial score (nSPS) is 15.1. The predicted molar refractivity (Wildman–Crippen MR) is 127 cm³/mol. The Kier molecular flexibility index (Phi) is 7.41. The van der Waals surface area contributed by atoms with E-state index in [4.69, 9.17) is 4.74 Å². The second-order valence-electron chi connectivity index (χ2n) is 9.44. The summed E-state index contributed by atoms with van der Waals surface area (Å²) in [4.78, 5) is 15.6. The van der Waals surface area contributed by atoms with E-state index in [1.165, 1.54) is 28.0 Å². The molecular formula is C26H37NO2S. The highest BCUT2D eigenvalue weighted by Crippen LogP contribution is 2.42. The number of ether oxygens (including phenoxy) is 1. The van der Waals surface area contributed by atoms with Gasteiger partial charge in [0.05, 0.1) is 4.88 Å². The maximum Gasteiger partial charge on any atom is 0.173 e. The highest BCUT2D eigenvalue weighted by molar-refractivity contribution is 7.14. The largest absolute Gasteiger partial charge is 0.492 e. The lowest BCUT2D eigenvalue weighted by atomic mass is 9.74. The number of fused-ring (bicyclic) bond motifs is 1. The summed E-state index contributed by atoms with van der Waals surface area (Å²) in [6.07, 6.45) is 5.74. The molecule has 3 rings (SSSR count). The van der Waals surface area contributed by atoms with Gasteiger partial charge in [0.15, 0.2) is 5.78 Å². The minimum absolute atomic E-state index is 0.320. The Hall–Kier alpha value is -1.65. The summed E-state index contributed by atoms with van der Waals surface area (Å²) in [5.41, 5.74) is 6.72. The molecule has 0 bridgehead atoms. The van der Waals surface area contributed by atoms with E-state index in [1.54, 1.807) is 11.3 Å². The lowest BCUT2D eigenvalue weighted by molar-refractivity contribution is 0.0985. The fourth-order valence-electron chi connectivity index (χ4n) is 4.60. The second kappa shape index (κ2) is 9.65. The summed E-state index contributed by atoms with van der Waals surface area (Å²) in [5.74, 6) is 1.29. The van der Waals surface area contributed by atoms with Gasteiger partial charge in [-0.1, -0.05) is 32.9 Å². The zero-order chi connectivity index (χ0) is 21.9. The molecule has 1 N–H and O–H groups in total. The molecule has 0 fully saturated rings. The van der Waals surface area contributed by atoms with Crippen molar-refractivity contribution >= 4 is 17.1 Å². The molecule has 1 aliphatic rings. The first-order chi connectivity index (χ1) is 14.3. The third-order valence-electron chi connectivity index (χ3n) is 6.24. The lowest BCUT2D eigenvalue weighted by Gasteiger charge is -2.30. The fraction of sp³-hybridized carbons (Fsp3) is 0.577. The molecule has 0 radical (unpaired) electrons. The number of carbonyl (C=O) groups excluding carboxylic acids is 1. The fourth-order valence-corrected chi connectivity index (χ4v) is 5.87. The van der Waals surface area contributed by atoms with Crippen molar-refractivity contribution in [2.45, 2.75) is 73.1 Å². The first kappa shape index (κ1) is 23.0. The van der Waals surface area contributed by atoms with Gasteiger partial charge in [-0.25, -0.2) is 0 Å². The van der Waals surface area contributed by atoms with Gasteiger partial charge in [0, 0.05) is 17.8 Å². The van der Waals surface area contributed by atoms with Crippen LogP contribution in [0.2, 0.25) is 0 Å². The number of carbonyl (C=O) groups is 1. The molecular weight excluding hydrogens is 390 g/mol. The summed E-state index contributed by atoms with van der Waals surface area (Å²) in [6.45, 7) is 12.6. The van der Waals surface area contributed by atoms with E-state index in [0.717, 1.165) is 54.0 Å². The molecule has 1 aliphatic carbocycles. The van der Waals surface area contributed by atoms with Gasteiger partial charge in [0.2, 0.25) is 0 Å². The molecule has 0 saturated heterocycles. The van der Waals surface area contributed by atoms with Gasteiger partial charge in [0.25, 0.3) is 0 Å². The van der Waals surface area contributed by atoms with Gasteiger partial charge >= 0.3 is 0 Å². The van der Waals surface area contributed by atoms with Gasteiger partial charge in [-0.05, 0) is 86.2 Å². The Morgan fingerprint density at radius 2 is 1.90 bits per heavy atom. The number of likely N-dealkylation sites (N-methyl/N-ethyl adjacent to an activating group) is 1. The van der Waals surface area contributed by atoms with Gasteiger partial charge in [-0.3, -0.25) is 4.79 Å². The molecule has 3 nitrogen and oxygen atoms in total. The molecule has 1 aromatic carbocycles. The Bertz CT molecular complexity index is 887. The Morgan fingerprint density at radius 3 is 2.53 bits per heavy atom. The molecule has 0 aliphatic heterocycles. The molecule has 0 spiro atoms. The number of hydrogen-bond acceptors (Lipinski definition) is 4. The number of thiophene rings is 1. The molecule has 4 heteroatoms. The summed E-state index contributed by atoms with van der Waals surface area (Å²) >= 11 is 1.76. The first-order valence-electron chi connectivity index (χ1n) is 11.3. The number of benzene rings is 1. The van der Waals surface area contributed by atoms with Crippen LogP contribution in [0.3, 0.4) is 0 Å². The van der Waals surface area contributed by atoms with Gasteiger partial charge in [0.1, 0.15) is 12.4 Å². The van der Waals surface area contributed by atoms with Crippen molar-refractivity contribution in [3.05, 3.63) is 49.7 Å². The van der Waals surface area contributed by atoms with Crippen LogP contribution in [0.15, 0.2) is 12.1 Å². The van der Waals surface area contributed by atoms with Gasteiger partial charge < -0.3 is 10.1 Å². The Labute approximate surface area is 186 Å². The predicted octanol–water partition coefficient (Wildman–Crippen LogP) is 5.86. The van der Waals surface area contributed by atoms with Gasteiger partial charge in [-0.2, -0.15) is 0 Å². The number of nitrogens with one attached hydrogen (secondary N) is 1. The van der Waals surface area contributed by atoms with Crippen LogP contribution in [-0.2, 0) is 25.7 Å². The molecule has 1 heterocycles. The Balaban J connectivity index is 1.71. The zero-order valence-electron chi connectivity index (χ0n) is 19.5. The van der Waals surface area contributed by atoms with E-state index >= 15 is 0 Å². The van der Waals surface area contributed by atoms with Crippen LogP contribution >= 0.6 is 11.3 Å². The van der Waals surface area contributed by atoms with Crippen molar-refractivity contribution in [3.63, 3.8) is 0 Å². The first-order valence-corrected chi connectivity index (χ1v) is 12.1. The van der Waals surface area contributed by atoms with Gasteiger partial charge in [-0.15, -0.1) is 11.3 Å². The molecule has 0 atom stereocenters. The van der Waals surface area contributed by atoms with Crippen molar-refractivity contribution in [1.29, 1.82) is 0 Å². The standard InChI is InChI=1S/C26H37NO2S/c1-7-23-21-16-26(4,5)11-10-20(21)25(30-23)22(28)9-8-19-14-17(2)24(18(3)15-19)29-13-12-27-6/h14-15,27H,7-13,16H2,1-6H3. The van der Waals surface area contributed by atoms with Crippen molar-refractivity contribution in [2.75, 3.05) is 20.2 Å². The number of rotatable bonds is 9. The topological polar surface area (TPSA) is 38.3 Å². The number of aryl methyl sites for hydroxylation is 4. The van der Waals surface area contributed by atoms with Crippen LogP contribution in [0.25, 0.3) is 0 Å². The summed E-state index contributed by atoms with van der Waals surface area (Å²) in [6, 6.07) is 4.36. The van der Waals surface area contributed by atoms with E-state index in [2.05, 4.69) is 52.1 Å². The van der Waals surface area contributed by atoms with Crippen LogP contribution in [0.5, 0.6) is 5.75 Å². The quantitative estimate of drug-likeness (QED) is 0.403. The second-order valence-corrected chi connectivity index (χ2v) is 10.5. The number of Topliss-reactive ketones (excluding diaryl/α,β-unsaturated/α-hetero) is 1. The van der Waals surface area contributed by atoms with Crippen LogP contribution in [0.1, 0.15) is 76.0 Å². The Morgan fingerprint density at radius 1 is 1.20 bits per heavy atom. The highest BCUT2D eigenvalue weighted by Gasteiger charge is 2.31. The monoisotopic (exact) mass is 427 g/mol. The van der Waals surface area contributed by atoms with Crippen LogP contribution < -0.4 is 10.1 Å².